The van der Waals surface area contributed by atoms with Gasteiger partial charge >= 0.3 is 0 Å². The van der Waals surface area contributed by atoms with Crippen LogP contribution in [0.4, 0.5) is 0 Å². The number of pyridine rings is 1. The van der Waals surface area contributed by atoms with Crippen LogP contribution in [0.25, 0.3) is 55.6 Å². The lowest BCUT2D eigenvalue weighted by Gasteiger charge is -2.21. The van der Waals surface area contributed by atoms with E-state index in [1.165, 1.54) is 16.5 Å². The van der Waals surface area contributed by atoms with Crippen LogP contribution in [-0.2, 0) is 0 Å². The lowest BCUT2D eigenvalue weighted by atomic mass is 9.88. The number of fused-ring (bicyclic) bond motifs is 5. The summed E-state index contributed by atoms with van der Waals surface area (Å²) < 4.78 is 2.27. The van der Waals surface area contributed by atoms with Crippen molar-refractivity contribution < 1.29 is 0 Å². The molecule has 3 aliphatic rings. The van der Waals surface area contributed by atoms with Crippen molar-refractivity contribution in [2.45, 2.75) is 31.6 Å². The van der Waals surface area contributed by atoms with Gasteiger partial charge in [0.15, 0.2) is 0 Å². The van der Waals surface area contributed by atoms with Gasteiger partial charge in [-0.15, -0.1) is 0 Å². The van der Waals surface area contributed by atoms with Crippen LogP contribution in [0.5, 0.6) is 0 Å². The van der Waals surface area contributed by atoms with Crippen LogP contribution >= 0.6 is 0 Å². The Balaban J connectivity index is 1.12. The standard InChI is InChI=1S/C44H34N4/c1-2-6-15-32(14-5-1)43-44(47-42(34-18-9-4-10-19-34)41(46-43)33-16-7-3-8-17-33)35-23-21-30(22-24-35)36-25-27-39-37(29-36)45-40-28-26-31-13-11-12-20-38(31)48(39)40/h1-2,4-5,7,9-21,23-30H,3,6,8,22H2. The zero-order valence-electron chi connectivity index (χ0n) is 26.6. The van der Waals surface area contributed by atoms with Crippen molar-refractivity contribution in [3.05, 3.63) is 174 Å². The zero-order valence-corrected chi connectivity index (χ0v) is 26.6. The van der Waals surface area contributed by atoms with Crippen LogP contribution < -0.4 is 0 Å². The van der Waals surface area contributed by atoms with Crippen molar-refractivity contribution in [3.63, 3.8) is 0 Å². The molecule has 3 aliphatic carbocycles. The van der Waals surface area contributed by atoms with E-state index in [-0.39, 0.29) is 5.92 Å². The fourth-order valence-electron chi connectivity index (χ4n) is 7.13. The number of rotatable bonds is 5. The molecule has 0 saturated heterocycles. The van der Waals surface area contributed by atoms with Crippen molar-refractivity contribution >= 4 is 44.3 Å². The molecule has 0 amide bonds. The number of benzene rings is 3. The number of imidazole rings is 1. The molecular formula is C44H34N4. The lowest BCUT2D eigenvalue weighted by molar-refractivity contribution is 0.856. The van der Waals surface area contributed by atoms with E-state index < -0.39 is 0 Å². The largest absolute Gasteiger partial charge is 0.292 e. The van der Waals surface area contributed by atoms with Gasteiger partial charge in [0.1, 0.15) is 5.65 Å². The molecule has 0 aliphatic heterocycles. The first-order valence-electron chi connectivity index (χ1n) is 16.9. The van der Waals surface area contributed by atoms with Gasteiger partial charge in [-0.2, -0.15) is 0 Å². The summed E-state index contributed by atoms with van der Waals surface area (Å²) in [7, 11) is 0. The number of para-hydroxylation sites is 1. The topological polar surface area (TPSA) is 43.1 Å². The number of aromatic nitrogens is 4. The van der Waals surface area contributed by atoms with Gasteiger partial charge in [0, 0.05) is 11.5 Å². The molecule has 4 nitrogen and oxygen atoms in total. The number of hydrogen-bond acceptors (Lipinski definition) is 3. The average Bonchev–Trinajstić information content (AvgIpc) is 3.32. The van der Waals surface area contributed by atoms with Gasteiger partial charge in [0.25, 0.3) is 0 Å². The maximum absolute atomic E-state index is 5.47. The predicted octanol–water partition coefficient (Wildman–Crippen LogP) is 10.9. The predicted molar refractivity (Wildman–Crippen MR) is 199 cm³/mol. The van der Waals surface area contributed by atoms with E-state index in [0.29, 0.717) is 0 Å². The molecule has 3 aromatic heterocycles. The maximum atomic E-state index is 5.47. The first-order valence-corrected chi connectivity index (χ1v) is 16.9. The monoisotopic (exact) mass is 618 g/mol. The molecule has 0 bridgehead atoms. The van der Waals surface area contributed by atoms with Crippen molar-refractivity contribution in [1.29, 1.82) is 0 Å². The Hall–Kier alpha value is -5.87. The number of nitrogens with zero attached hydrogens (tertiary/aromatic N) is 4. The molecule has 48 heavy (non-hydrogen) atoms. The van der Waals surface area contributed by atoms with Crippen molar-refractivity contribution in [1.82, 2.24) is 19.4 Å². The summed E-state index contributed by atoms with van der Waals surface area (Å²) in [4.78, 5) is 15.9. The van der Waals surface area contributed by atoms with Crippen LogP contribution in [0.3, 0.4) is 0 Å². The third-order valence-electron chi connectivity index (χ3n) is 9.58. The molecule has 3 heterocycles. The summed E-state index contributed by atoms with van der Waals surface area (Å²) in [5.41, 5.74) is 13.7. The molecule has 0 N–H and O–H groups in total. The SMILES string of the molecule is C1=CCC=C(c2nc(C3=CCCC=C3)c(-c3ccccc3)nc2C2=CCC(c3ccc4c(c3)nc3ccc5ccccc5n34)C=C2)C=C1. The molecule has 9 rings (SSSR count). The normalized spacial score (nSPS) is 17.5. The number of allylic oxidation sites excluding steroid dienone is 14. The van der Waals surface area contributed by atoms with Gasteiger partial charge in [-0.3, -0.25) is 4.40 Å². The van der Waals surface area contributed by atoms with Crippen molar-refractivity contribution in [2.75, 3.05) is 0 Å². The zero-order chi connectivity index (χ0) is 31.9. The first-order chi connectivity index (χ1) is 23.8. The first kappa shape index (κ1) is 28.4. The van der Waals surface area contributed by atoms with Crippen molar-refractivity contribution in [3.8, 4) is 11.3 Å². The molecule has 0 saturated carbocycles. The van der Waals surface area contributed by atoms with Crippen LogP contribution in [0.2, 0.25) is 0 Å². The molecule has 0 spiro atoms. The molecule has 4 heteroatoms. The highest BCUT2D eigenvalue weighted by Crippen LogP contribution is 2.38. The smallest absolute Gasteiger partial charge is 0.138 e. The summed E-state index contributed by atoms with van der Waals surface area (Å²) in [6.07, 6.45) is 28.3. The minimum atomic E-state index is 0.253. The van der Waals surface area contributed by atoms with E-state index in [1.54, 1.807) is 0 Å². The Bertz CT molecular complexity index is 2450. The highest BCUT2D eigenvalue weighted by molar-refractivity contribution is 5.92. The van der Waals surface area contributed by atoms with Crippen LogP contribution in [0.1, 0.15) is 54.2 Å². The number of hydrogen-bond donors (Lipinski definition) is 0. The Morgan fingerprint density at radius 1 is 0.583 bits per heavy atom. The summed E-state index contributed by atoms with van der Waals surface area (Å²) in [6.45, 7) is 0. The molecule has 1 atom stereocenters. The minimum Gasteiger partial charge on any atom is -0.292 e. The van der Waals surface area contributed by atoms with E-state index in [9.17, 15) is 0 Å². The molecule has 3 aromatic carbocycles. The molecule has 230 valence electrons. The third-order valence-corrected chi connectivity index (χ3v) is 9.58. The fourth-order valence-corrected chi connectivity index (χ4v) is 7.13. The summed E-state index contributed by atoms with van der Waals surface area (Å²) >= 11 is 0. The summed E-state index contributed by atoms with van der Waals surface area (Å²) in [5, 5.41) is 1.21. The van der Waals surface area contributed by atoms with Crippen LogP contribution in [0, 0.1) is 0 Å². The van der Waals surface area contributed by atoms with Gasteiger partial charge in [0.05, 0.1) is 39.3 Å². The van der Waals surface area contributed by atoms with E-state index in [2.05, 4.69) is 156 Å². The summed E-state index contributed by atoms with van der Waals surface area (Å²) in [5.74, 6) is 0.253. The highest BCUT2D eigenvalue weighted by Gasteiger charge is 2.23. The Morgan fingerprint density at radius 2 is 1.40 bits per heavy atom. The van der Waals surface area contributed by atoms with E-state index in [0.717, 1.165) is 87.4 Å². The maximum Gasteiger partial charge on any atom is 0.138 e. The van der Waals surface area contributed by atoms with Gasteiger partial charge in [0.2, 0.25) is 0 Å². The quantitative estimate of drug-likeness (QED) is 0.193. The summed E-state index contributed by atoms with van der Waals surface area (Å²) in [6, 6.07) is 30.0. The van der Waals surface area contributed by atoms with E-state index >= 15 is 0 Å². The average molecular weight is 619 g/mol. The Labute approximate surface area is 280 Å². The second-order valence-electron chi connectivity index (χ2n) is 12.6. The molecule has 0 radical (unpaired) electrons. The van der Waals surface area contributed by atoms with Gasteiger partial charge in [-0.1, -0.05) is 121 Å². The second-order valence-corrected chi connectivity index (χ2v) is 12.6. The lowest BCUT2D eigenvalue weighted by Crippen LogP contribution is -2.08. The fraction of sp³-hybridized carbons (Fsp3) is 0.114. The molecular weight excluding hydrogens is 585 g/mol. The van der Waals surface area contributed by atoms with E-state index in [1.807, 2.05) is 0 Å². The Morgan fingerprint density at radius 3 is 2.25 bits per heavy atom. The molecule has 6 aromatic rings. The van der Waals surface area contributed by atoms with Gasteiger partial charge < -0.3 is 0 Å². The van der Waals surface area contributed by atoms with Gasteiger partial charge in [-0.05, 0) is 83.7 Å². The Kier molecular flexibility index (Phi) is 7.12. The second kappa shape index (κ2) is 12.1. The van der Waals surface area contributed by atoms with E-state index in [4.69, 9.17) is 15.0 Å². The minimum absolute atomic E-state index is 0.253. The third kappa shape index (κ3) is 5.07. The highest BCUT2D eigenvalue weighted by atomic mass is 15.0. The molecule has 1 unspecified atom stereocenters. The van der Waals surface area contributed by atoms with Crippen molar-refractivity contribution in [2.24, 2.45) is 0 Å². The van der Waals surface area contributed by atoms with Crippen LogP contribution in [0.15, 0.2) is 152 Å². The van der Waals surface area contributed by atoms with Crippen LogP contribution in [-0.4, -0.2) is 19.4 Å². The molecule has 0 fully saturated rings. The van der Waals surface area contributed by atoms with Gasteiger partial charge in [-0.25, -0.2) is 15.0 Å².